The number of carbonyl (C=O) groups is 1. The maximum Gasteiger partial charge on any atom is 0.280 e. The van der Waals surface area contributed by atoms with Gasteiger partial charge in [-0.05, 0) is 11.1 Å². The monoisotopic (exact) mass is 457 g/mol. The number of hydrogen-bond donors (Lipinski definition) is 2. The first-order chi connectivity index (χ1) is 15.7. The highest BCUT2D eigenvalue weighted by molar-refractivity contribution is 7.04. The van der Waals surface area contributed by atoms with Crippen LogP contribution in [0.2, 0.25) is 11.1 Å². The van der Waals surface area contributed by atoms with Gasteiger partial charge in [0.15, 0.2) is 16.9 Å². The molecule has 0 bridgehead atoms. The Balaban J connectivity index is 1.74. The summed E-state index contributed by atoms with van der Waals surface area (Å²) in [4.78, 5) is 40.3. The van der Waals surface area contributed by atoms with Gasteiger partial charge in [0.05, 0.1) is 6.20 Å². The average Bonchev–Trinajstić information content (AvgIpc) is 2.79. The summed E-state index contributed by atoms with van der Waals surface area (Å²) >= 11 is 0. The van der Waals surface area contributed by atoms with Crippen molar-refractivity contribution in [2.75, 3.05) is 5.73 Å². The number of aromatic amines is 1. The van der Waals surface area contributed by atoms with Gasteiger partial charge < -0.3 is 5.73 Å². The van der Waals surface area contributed by atoms with Crippen molar-refractivity contribution in [2.45, 2.75) is 38.3 Å². The number of nitrogens with zero attached hydrogens (tertiary/aromatic N) is 3. The quantitative estimate of drug-likeness (QED) is 0.340. The summed E-state index contributed by atoms with van der Waals surface area (Å²) in [5.74, 6) is -0.179. The number of aromatic nitrogens is 4. The lowest BCUT2D eigenvalue weighted by Gasteiger charge is -2.44. The fraction of sp³-hybridized carbons (Fsp3) is 0.240. The van der Waals surface area contributed by atoms with Crippen LogP contribution in [0.1, 0.15) is 37.7 Å². The summed E-state index contributed by atoms with van der Waals surface area (Å²) in [5.41, 5.74) is 5.37. The molecule has 0 saturated carbocycles. The number of nitrogen functional groups attached to an aromatic ring is 1. The highest BCUT2D eigenvalue weighted by Crippen LogP contribution is 2.39. The predicted octanol–water partition coefficient (Wildman–Crippen LogP) is 2.93. The van der Waals surface area contributed by atoms with Crippen LogP contribution in [0, 0.1) is 0 Å². The van der Waals surface area contributed by atoms with E-state index in [0.29, 0.717) is 12.5 Å². The van der Waals surface area contributed by atoms with Gasteiger partial charge in [-0.25, -0.2) is 9.97 Å². The molecule has 0 aliphatic heterocycles. The van der Waals surface area contributed by atoms with Crippen molar-refractivity contribution in [2.24, 2.45) is 0 Å². The largest absolute Gasteiger partial charge is 0.369 e. The maximum atomic E-state index is 13.3. The van der Waals surface area contributed by atoms with Gasteiger partial charge in [-0.2, -0.15) is 4.98 Å². The Bertz CT molecular complexity index is 1310. The van der Waals surface area contributed by atoms with E-state index in [1.165, 1.54) is 16.6 Å². The van der Waals surface area contributed by atoms with E-state index >= 15 is 0 Å². The highest BCUT2D eigenvalue weighted by atomic mass is 28.3. The number of nitrogens with two attached hydrogens (primary N) is 1. The number of hydrogen-bond acceptors (Lipinski definition) is 6. The molecule has 2 aromatic heterocycles. The Morgan fingerprint density at radius 3 is 2.09 bits per heavy atom. The fourth-order valence-corrected chi connectivity index (χ4v) is 10.2. The SMILES string of the molecule is CC(C)(C)[Si](CCC(=O)c1cnc2nc(N)[nH]c(=O)c2n1)(c1ccccc1)c1ccccc1. The van der Waals surface area contributed by atoms with Crippen LogP contribution in [0.25, 0.3) is 11.2 Å². The van der Waals surface area contributed by atoms with Gasteiger partial charge in [0.25, 0.3) is 5.56 Å². The topological polar surface area (TPSA) is 115 Å². The molecule has 0 unspecified atom stereocenters. The minimum atomic E-state index is -2.38. The van der Waals surface area contributed by atoms with E-state index in [1.807, 2.05) is 12.1 Å². The van der Waals surface area contributed by atoms with Gasteiger partial charge in [-0.15, -0.1) is 0 Å². The standard InChI is InChI=1S/C25H27N5O2Si/c1-25(2,3)33(17-10-6-4-7-11-17,18-12-8-5-9-13-18)15-14-20(31)19-16-27-22-21(28-19)23(32)30-24(26)29-22/h4-13,16H,14-15H2,1-3H3,(H3,26,27,29,30,32). The molecule has 0 atom stereocenters. The van der Waals surface area contributed by atoms with E-state index in [1.54, 1.807) is 0 Å². The Kier molecular flexibility index (Phi) is 5.95. The van der Waals surface area contributed by atoms with Crippen LogP contribution in [0.5, 0.6) is 0 Å². The normalized spacial score (nSPS) is 12.1. The van der Waals surface area contributed by atoms with Crippen molar-refractivity contribution in [1.82, 2.24) is 19.9 Å². The number of H-pyrrole nitrogens is 1. The minimum Gasteiger partial charge on any atom is -0.369 e. The Morgan fingerprint density at radius 2 is 1.55 bits per heavy atom. The lowest BCUT2D eigenvalue weighted by Crippen LogP contribution is -2.64. The van der Waals surface area contributed by atoms with Crippen molar-refractivity contribution in [3.63, 3.8) is 0 Å². The molecule has 4 rings (SSSR count). The third-order valence-corrected chi connectivity index (χ3v) is 12.5. The van der Waals surface area contributed by atoms with E-state index < -0.39 is 13.6 Å². The third-order valence-electron chi connectivity index (χ3n) is 6.26. The van der Waals surface area contributed by atoms with E-state index in [4.69, 9.17) is 5.73 Å². The number of carbonyl (C=O) groups excluding carboxylic acids is 1. The zero-order valence-electron chi connectivity index (χ0n) is 19.0. The second-order valence-corrected chi connectivity index (χ2v) is 14.2. The highest BCUT2D eigenvalue weighted by Gasteiger charge is 2.47. The number of fused-ring (bicyclic) bond motifs is 1. The van der Waals surface area contributed by atoms with Crippen molar-refractivity contribution in [3.8, 4) is 0 Å². The maximum absolute atomic E-state index is 13.3. The Morgan fingerprint density at radius 1 is 0.970 bits per heavy atom. The smallest absolute Gasteiger partial charge is 0.280 e. The number of rotatable bonds is 6. The van der Waals surface area contributed by atoms with Crippen LogP contribution in [0.4, 0.5) is 5.95 Å². The first-order valence-corrected chi connectivity index (χ1v) is 13.1. The lowest BCUT2D eigenvalue weighted by molar-refractivity contribution is 0.0983. The molecule has 0 spiro atoms. The first-order valence-electron chi connectivity index (χ1n) is 10.9. The van der Waals surface area contributed by atoms with Crippen LogP contribution in [-0.4, -0.2) is 33.8 Å². The molecule has 0 aliphatic carbocycles. The molecule has 7 nitrogen and oxygen atoms in total. The summed E-state index contributed by atoms with van der Waals surface area (Å²) in [6, 6.07) is 21.7. The molecule has 2 heterocycles. The summed E-state index contributed by atoms with van der Waals surface area (Å²) in [6.45, 7) is 6.78. The molecule has 0 radical (unpaired) electrons. The molecule has 2 aromatic carbocycles. The minimum absolute atomic E-state index is 0.0144. The van der Waals surface area contributed by atoms with Gasteiger partial charge in [0, 0.05) is 6.42 Å². The number of ketones is 1. The molecule has 0 fully saturated rings. The molecule has 0 saturated heterocycles. The van der Waals surface area contributed by atoms with E-state index in [0.717, 1.165) is 0 Å². The van der Waals surface area contributed by atoms with Crippen LogP contribution in [0.3, 0.4) is 0 Å². The van der Waals surface area contributed by atoms with Crippen LogP contribution >= 0.6 is 0 Å². The van der Waals surface area contributed by atoms with Crippen LogP contribution in [-0.2, 0) is 0 Å². The van der Waals surface area contributed by atoms with Gasteiger partial charge in [0.1, 0.15) is 13.8 Å². The van der Waals surface area contributed by atoms with Gasteiger partial charge >= 0.3 is 0 Å². The number of Topliss-reactive ketones (excluding diaryl/α,β-unsaturated/α-hetero) is 1. The first kappa shape index (κ1) is 22.5. The summed E-state index contributed by atoms with van der Waals surface area (Å²) < 4.78 is 0. The Hall–Kier alpha value is -3.65. The van der Waals surface area contributed by atoms with Gasteiger partial charge in [-0.1, -0.05) is 91.8 Å². The van der Waals surface area contributed by atoms with E-state index in [9.17, 15) is 9.59 Å². The summed E-state index contributed by atoms with van der Waals surface area (Å²) in [5, 5.41) is 2.53. The summed E-state index contributed by atoms with van der Waals surface area (Å²) in [6.07, 6.45) is 1.68. The zero-order valence-corrected chi connectivity index (χ0v) is 20.0. The van der Waals surface area contributed by atoms with E-state index in [2.05, 4.69) is 89.2 Å². The molecule has 3 N–H and O–H groups in total. The average molecular weight is 458 g/mol. The van der Waals surface area contributed by atoms with E-state index in [-0.39, 0.29) is 33.6 Å². The predicted molar refractivity (Wildman–Crippen MR) is 134 cm³/mol. The van der Waals surface area contributed by atoms with Crippen molar-refractivity contribution in [1.29, 1.82) is 0 Å². The lowest BCUT2D eigenvalue weighted by atomic mass is 10.2. The Labute approximate surface area is 193 Å². The molecule has 8 heteroatoms. The number of anilines is 1. The molecular formula is C25H27N5O2Si. The second-order valence-electron chi connectivity index (χ2n) is 9.19. The third kappa shape index (κ3) is 4.21. The summed E-state index contributed by atoms with van der Waals surface area (Å²) in [7, 11) is -2.38. The number of nitrogens with one attached hydrogen (secondary N) is 1. The molecule has 0 aliphatic rings. The molecular weight excluding hydrogens is 430 g/mol. The molecule has 4 aromatic rings. The molecule has 168 valence electrons. The molecule has 0 amide bonds. The van der Waals surface area contributed by atoms with Gasteiger partial charge in [0.2, 0.25) is 5.95 Å². The van der Waals surface area contributed by atoms with Crippen molar-refractivity contribution >= 4 is 41.3 Å². The fourth-order valence-electron chi connectivity index (χ4n) is 4.64. The van der Waals surface area contributed by atoms with Gasteiger partial charge in [-0.3, -0.25) is 14.6 Å². The second kappa shape index (κ2) is 8.71. The molecule has 33 heavy (non-hydrogen) atoms. The number of benzene rings is 2. The van der Waals surface area contributed by atoms with Crippen molar-refractivity contribution < 1.29 is 4.79 Å². The van der Waals surface area contributed by atoms with Crippen molar-refractivity contribution in [3.05, 3.63) is 82.9 Å². The van der Waals surface area contributed by atoms with Crippen LogP contribution < -0.4 is 21.7 Å². The van der Waals surface area contributed by atoms with Crippen LogP contribution in [0.15, 0.2) is 71.7 Å². The zero-order chi connectivity index (χ0) is 23.6.